The first-order chi connectivity index (χ1) is 11.6. The highest BCUT2D eigenvalue weighted by molar-refractivity contribution is 5.92. The molecule has 0 aliphatic carbocycles. The zero-order chi connectivity index (χ0) is 16.7. The van der Waals surface area contributed by atoms with Crippen LogP contribution >= 0.6 is 0 Å². The van der Waals surface area contributed by atoms with E-state index in [4.69, 9.17) is 5.73 Å². The lowest BCUT2D eigenvalue weighted by Gasteiger charge is -2.14. The van der Waals surface area contributed by atoms with Crippen LogP contribution in [0.2, 0.25) is 0 Å². The molecule has 0 radical (unpaired) electrons. The summed E-state index contributed by atoms with van der Waals surface area (Å²) < 4.78 is 0. The molecule has 0 saturated carbocycles. The lowest BCUT2D eigenvalue weighted by molar-refractivity contribution is 0.0784. The van der Waals surface area contributed by atoms with Gasteiger partial charge in [-0.25, -0.2) is 0 Å². The van der Waals surface area contributed by atoms with Crippen LogP contribution < -0.4 is 5.73 Å². The first-order valence-electron chi connectivity index (χ1n) is 8.08. The largest absolute Gasteiger partial charge is 0.359 e. The number of carbonyl (C=O) groups is 1. The van der Waals surface area contributed by atoms with E-state index in [2.05, 4.69) is 27.3 Å². The van der Waals surface area contributed by atoms with Crippen molar-refractivity contribution in [2.75, 3.05) is 13.1 Å². The molecular weight excluding hydrogens is 302 g/mol. The first-order valence-corrected chi connectivity index (χ1v) is 8.08. The van der Waals surface area contributed by atoms with Gasteiger partial charge in [0.1, 0.15) is 0 Å². The Hall–Kier alpha value is -2.73. The number of nitrogens with two attached hydrogens (primary N) is 1. The summed E-state index contributed by atoms with van der Waals surface area (Å²) >= 11 is 0. The molecule has 2 aromatic heterocycles. The third-order valence-electron chi connectivity index (χ3n) is 4.45. The number of likely N-dealkylation sites (tertiary alicyclic amines) is 1. The Kier molecular flexibility index (Phi) is 3.54. The average Bonchev–Trinajstić information content (AvgIpc) is 3.18. The van der Waals surface area contributed by atoms with Gasteiger partial charge in [-0.15, -0.1) is 10.2 Å². The number of hydrogen-bond donors (Lipinski definition) is 2. The van der Waals surface area contributed by atoms with Crippen LogP contribution in [0.1, 0.15) is 22.6 Å². The zero-order valence-electron chi connectivity index (χ0n) is 13.5. The van der Waals surface area contributed by atoms with Crippen LogP contribution in [-0.2, 0) is 0 Å². The summed E-state index contributed by atoms with van der Waals surface area (Å²) in [6.45, 7) is 3.31. The number of carbonyl (C=O) groups excluding carboxylic acids is 1. The van der Waals surface area contributed by atoms with Crippen molar-refractivity contribution >= 4 is 16.8 Å². The standard InChI is InChI=1S/C18H19N5O/c1-11-8-13-9-12(2-3-15(13)20-11)16-4-5-17(22-21-16)18(24)23-7-6-14(19)10-23/h2-5,8-9,14,20H,6-7,10,19H2,1H3. The molecule has 1 unspecified atom stereocenters. The van der Waals surface area contributed by atoms with E-state index in [1.807, 2.05) is 25.1 Å². The van der Waals surface area contributed by atoms with E-state index in [0.717, 1.165) is 34.3 Å². The van der Waals surface area contributed by atoms with E-state index in [-0.39, 0.29) is 11.9 Å². The van der Waals surface area contributed by atoms with Crippen LogP contribution in [0.4, 0.5) is 0 Å². The van der Waals surface area contributed by atoms with Crippen molar-refractivity contribution in [1.29, 1.82) is 0 Å². The number of hydrogen-bond acceptors (Lipinski definition) is 4. The van der Waals surface area contributed by atoms with Gasteiger partial charge in [-0.3, -0.25) is 4.79 Å². The Morgan fingerprint density at radius 3 is 2.83 bits per heavy atom. The molecule has 3 N–H and O–H groups in total. The predicted molar refractivity (Wildman–Crippen MR) is 92.6 cm³/mol. The molecule has 0 spiro atoms. The number of aryl methyl sites for hydroxylation is 1. The number of rotatable bonds is 2. The molecule has 6 nitrogen and oxygen atoms in total. The Morgan fingerprint density at radius 1 is 1.25 bits per heavy atom. The third kappa shape index (κ3) is 2.65. The smallest absolute Gasteiger partial charge is 0.274 e. The number of nitrogens with one attached hydrogen (secondary N) is 1. The number of H-pyrrole nitrogens is 1. The van der Waals surface area contributed by atoms with E-state index < -0.39 is 0 Å². The van der Waals surface area contributed by atoms with Crippen molar-refractivity contribution < 1.29 is 4.79 Å². The summed E-state index contributed by atoms with van der Waals surface area (Å²) in [5.74, 6) is -0.0984. The predicted octanol–water partition coefficient (Wildman–Crippen LogP) is 2.11. The van der Waals surface area contributed by atoms with Crippen molar-refractivity contribution in [3.05, 3.63) is 47.8 Å². The van der Waals surface area contributed by atoms with Gasteiger partial charge in [0, 0.05) is 41.3 Å². The van der Waals surface area contributed by atoms with E-state index in [0.29, 0.717) is 18.8 Å². The van der Waals surface area contributed by atoms with Gasteiger partial charge in [-0.1, -0.05) is 6.07 Å². The molecule has 1 aliphatic rings. The Morgan fingerprint density at radius 2 is 2.12 bits per heavy atom. The summed E-state index contributed by atoms with van der Waals surface area (Å²) in [5.41, 5.74) is 10.2. The molecular formula is C18H19N5O. The normalized spacial score (nSPS) is 17.6. The van der Waals surface area contributed by atoms with Gasteiger partial charge >= 0.3 is 0 Å². The fourth-order valence-electron chi connectivity index (χ4n) is 3.17. The fourth-order valence-corrected chi connectivity index (χ4v) is 3.17. The van der Waals surface area contributed by atoms with Crippen molar-refractivity contribution in [1.82, 2.24) is 20.1 Å². The average molecular weight is 321 g/mol. The number of aromatic nitrogens is 3. The van der Waals surface area contributed by atoms with Crippen LogP contribution in [0.3, 0.4) is 0 Å². The van der Waals surface area contributed by atoms with Gasteiger partial charge in [0.25, 0.3) is 5.91 Å². The van der Waals surface area contributed by atoms with Crippen LogP contribution in [0.15, 0.2) is 36.4 Å². The fraction of sp³-hybridized carbons (Fsp3) is 0.278. The highest BCUT2D eigenvalue weighted by atomic mass is 16.2. The Labute approximate surface area is 139 Å². The second-order valence-corrected chi connectivity index (χ2v) is 6.36. The topological polar surface area (TPSA) is 87.9 Å². The van der Waals surface area contributed by atoms with Crippen LogP contribution in [0.25, 0.3) is 22.2 Å². The molecule has 24 heavy (non-hydrogen) atoms. The molecule has 1 aliphatic heterocycles. The van der Waals surface area contributed by atoms with E-state index in [1.165, 1.54) is 0 Å². The van der Waals surface area contributed by atoms with E-state index in [9.17, 15) is 4.79 Å². The molecule has 3 aromatic rings. The van der Waals surface area contributed by atoms with Crippen molar-refractivity contribution in [2.45, 2.75) is 19.4 Å². The minimum Gasteiger partial charge on any atom is -0.359 e. The maximum Gasteiger partial charge on any atom is 0.274 e. The summed E-state index contributed by atoms with van der Waals surface area (Å²) in [5, 5.41) is 9.49. The summed E-state index contributed by atoms with van der Waals surface area (Å²) in [6.07, 6.45) is 0.841. The van der Waals surface area contributed by atoms with Gasteiger partial charge in [-0.2, -0.15) is 0 Å². The molecule has 6 heteroatoms. The monoisotopic (exact) mass is 321 g/mol. The highest BCUT2D eigenvalue weighted by Crippen LogP contribution is 2.23. The van der Waals surface area contributed by atoms with Crippen molar-refractivity contribution in [3.63, 3.8) is 0 Å². The van der Waals surface area contributed by atoms with Gasteiger partial charge < -0.3 is 15.6 Å². The molecule has 1 saturated heterocycles. The third-order valence-corrected chi connectivity index (χ3v) is 4.45. The highest BCUT2D eigenvalue weighted by Gasteiger charge is 2.25. The number of nitrogens with zero attached hydrogens (tertiary/aromatic N) is 3. The summed E-state index contributed by atoms with van der Waals surface area (Å²) in [7, 11) is 0. The molecule has 4 rings (SSSR count). The van der Waals surface area contributed by atoms with E-state index >= 15 is 0 Å². The molecule has 1 atom stereocenters. The Bertz CT molecular complexity index is 899. The van der Waals surface area contributed by atoms with Crippen molar-refractivity contribution in [2.24, 2.45) is 5.73 Å². The molecule has 1 fully saturated rings. The van der Waals surface area contributed by atoms with E-state index in [1.54, 1.807) is 11.0 Å². The number of fused-ring (bicyclic) bond motifs is 1. The second-order valence-electron chi connectivity index (χ2n) is 6.36. The lowest BCUT2D eigenvalue weighted by atomic mass is 10.1. The number of amides is 1. The van der Waals surface area contributed by atoms with Crippen molar-refractivity contribution in [3.8, 4) is 11.3 Å². The van der Waals surface area contributed by atoms with Gasteiger partial charge in [0.15, 0.2) is 5.69 Å². The molecule has 122 valence electrons. The lowest BCUT2D eigenvalue weighted by Crippen LogP contribution is -2.32. The Balaban J connectivity index is 1.59. The van der Waals surface area contributed by atoms with Crippen LogP contribution in [0, 0.1) is 6.92 Å². The zero-order valence-corrected chi connectivity index (χ0v) is 13.5. The molecule has 1 amide bonds. The van der Waals surface area contributed by atoms with Crippen LogP contribution in [-0.4, -0.2) is 45.1 Å². The maximum absolute atomic E-state index is 12.4. The molecule has 3 heterocycles. The van der Waals surface area contributed by atoms with Gasteiger partial charge in [0.05, 0.1) is 5.69 Å². The SMILES string of the molecule is Cc1cc2cc(-c3ccc(C(=O)N4CCC(N)C4)nn3)ccc2[nH]1. The number of aromatic amines is 1. The maximum atomic E-state index is 12.4. The minimum absolute atomic E-state index is 0.0673. The minimum atomic E-state index is -0.0984. The quantitative estimate of drug-likeness (QED) is 0.756. The second kappa shape index (κ2) is 5.72. The molecule has 1 aromatic carbocycles. The molecule has 0 bridgehead atoms. The van der Waals surface area contributed by atoms with Crippen LogP contribution in [0.5, 0.6) is 0 Å². The van der Waals surface area contributed by atoms with Gasteiger partial charge in [-0.05, 0) is 43.7 Å². The first kappa shape index (κ1) is 14.8. The summed E-state index contributed by atoms with van der Waals surface area (Å²) in [4.78, 5) is 17.4. The number of benzene rings is 1. The summed E-state index contributed by atoms with van der Waals surface area (Å²) in [6, 6.07) is 11.9. The van der Waals surface area contributed by atoms with Gasteiger partial charge in [0.2, 0.25) is 0 Å².